The van der Waals surface area contributed by atoms with Crippen LogP contribution in [0.15, 0.2) is 0 Å². The van der Waals surface area contributed by atoms with Gasteiger partial charge in [0.2, 0.25) is 5.78 Å². The van der Waals surface area contributed by atoms with E-state index in [0.29, 0.717) is 12.3 Å². The summed E-state index contributed by atoms with van der Waals surface area (Å²) in [5, 5.41) is 8.47. The van der Waals surface area contributed by atoms with E-state index in [1.165, 1.54) is 12.8 Å². The molecule has 0 heterocycles. The molecule has 74 valence electrons. The molecule has 1 aliphatic carbocycles. The first-order valence-corrected chi connectivity index (χ1v) is 4.91. The van der Waals surface area contributed by atoms with Crippen molar-refractivity contribution in [3.05, 3.63) is 0 Å². The van der Waals surface area contributed by atoms with E-state index in [1.54, 1.807) is 0 Å². The lowest BCUT2D eigenvalue weighted by molar-refractivity contribution is -0.137. The van der Waals surface area contributed by atoms with E-state index in [1.807, 2.05) is 0 Å². The molecule has 1 fully saturated rings. The molecule has 0 aromatic heterocycles. The second kappa shape index (κ2) is 5.12. The fourth-order valence-corrected chi connectivity index (χ4v) is 1.83. The molecule has 0 bridgehead atoms. The molecule has 0 aromatic carbocycles. The quantitative estimate of drug-likeness (QED) is 0.651. The lowest BCUT2D eigenvalue weighted by Gasteiger charge is -2.05. The van der Waals surface area contributed by atoms with E-state index >= 15 is 0 Å². The number of rotatable bonds is 5. The highest BCUT2D eigenvalue weighted by molar-refractivity contribution is 6.37. The van der Waals surface area contributed by atoms with Crippen LogP contribution in [0.3, 0.4) is 0 Å². The van der Waals surface area contributed by atoms with Crippen molar-refractivity contribution in [1.82, 2.24) is 0 Å². The normalized spacial score (nSPS) is 17.6. The number of hydrogen-bond donors (Lipinski definition) is 1. The van der Waals surface area contributed by atoms with Crippen LogP contribution in [0, 0.1) is 5.92 Å². The van der Waals surface area contributed by atoms with E-state index in [4.69, 9.17) is 5.11 Å². The Kier molecular flexibility index (Phi) is 4.09. The average Bonchev–Trinajstić information content (AvgIpc) is 2.57. The van der Waals surface area contributed by atoms with E-state index in [9.17, 15) is 9.59 Å². The molecule has 0 spiro atoms. The van der Waals surface area contributed by atoms with Crippen LogP contribution >= 0.6 is 0 Å². The van der Waals surface area contributed by atoms with Crippen LogP contribution in [0.5, 0.6) is 0 Å². The van der Waals surface area contributed by atoms with Gasteiger partial charge in [0, 0.05) is 12.8 Å². The molecule has 3 heteroatoms. The highest BCUT2D eigenvalue weighted by atomic mass is 16.3. The molecular weight excluding hydrogens is 168 g/mol. The Morgan fingerprint density at radius 1 is 1.15 bits per heavy atom. The highest BCUT2D eigenvalue weighted by Gasteiger charge is 2.21. The van der Waals surface area contributed by atoms with Gasteiger partial charge in [-0.1, -0.05) is 25.7 Å². The first kappa shape index (κ1) is 10.4. The van der Waals surface area contributed by atoms with Gasteiger partial charge in [0.15, 0.2) is 5.78 Å². The minimum Gasteiger partial charge on any atom is -0.396 e. The summed E-state index contributed by atoms with van der Waals surface area (Å²) < 4.78 is 0. The van der Waals surface area contributed by atoms with Crippen LogP contribution in [0.2, 0.25) is 0 Å². The maximum absolute atomic E-state index is 11.2. The van der Waals surface area contributed by atoms with Crippen molar-refractivity contribution in [2.24, 2.45) is 5.92 Å². The lowest BCUT2D eigenvalue weighted by atomic mass is 9.98. The monoisotopic (exact) mass is 184 g/mol. The van der Waals surface area contributed by atoms with Crippen LogP contribution in [-0.2, 0) is 9.59 Å². The first-order valence-electron chi connectivity index (χ1n) is 4.91. The number of carbonyl (C=O) groups is 2. The third-order valence-electron chi connectivity index (χ3n) is 2.60. The summed E-state index contributed by atoms with van der Waals surface area (Å²) >= 11 is 0. The average molecular weight is 184 g/mol. The largest absolute Gasteiger partial charge is 0.396 e. The number of Topliss-reactive ketones (excluding diaryl/α,β-unsaturated/α-hetero) is 2. The van der Waals surface area contributed by atoms with Crippen molar-refractivity contribution < 1.29 is 14.7 Å². The second-order valence-electron chi connectivity index (χ2n) is 3.67. The van der Waals surface area contributed by atoms with Gasteiger partial charge in [0.1, 0.15) is 0 Å². The second-order valence-corrected chi connectivity index (χ2v) is 3.67. The molecule has 0 saturated heterocycles. The third kappa shape index (κ3) is 3.27. The summed E-state index contributed by atoms with van der Waals surface area (Å²) in [5.41, 5.74) is 0. The molecule has 0 aliphatic heterocycles. The highest BCUT2D eigenvalue weighted by Crippen LogP contribution is 2.27. The molecule has 1 N–H and O–H groups in total. The Balaban J connectivity index is 2.27. The number of hydrogen-bond acceptors (Lipinski definition) is 3. The SMILES string of the molecule is O=C(CCO)C(=O)CC1CCCC1. The van der Waals surface area contributed by atoms with E-state index in [-0.39, 0.29) is 18.8 Å². The molecule has 1 aliphatic rings. The predicted molar refractivity (Wildman–Crippen MR) is 48.3 cm³/mol. The molecule has 0 aromatic rings. The zero-order valence-electron chi connectivity index (χ0n) is 7.79. The molecular formula is C10H16O3. The molecule has 0 unspecified atom stereocenters. The molecule has 13 heavy (non-hydrogen) atoms. The van der Waals surface area contributed by atoms with Crippen LogP contribution in [0.25, 0.3) is 0 Å². The Morgan fingerprint density at radius 2 is 1.77 bits per heavy atom. The van der Waals surface area contributed by atoms with Crippen molar-refractivity contribution in [2.75, 3.05) is 6.61 Å². The van der Waals surface area contributed by atoms with Gasteiger partial charge >= 0.3 is 0 Å². The summed E-state index contributed by atoms with van der Waals surface area (Å²) in [6.45, 7) is -0.213. The summed E-state index contributed by atoms with van der Waals surface area (Å²) in [6, 6.07) is 0. The first-order chi connectivity index (χ1) is 6.24. The number of carbonyl (C=O) groups excluding carboxylic acids is 2. The van der Waals surface area contributed by atoms with Crippen molar-refractivity contribution >= 4 is 11.6 Å². The maximum atomic E-state index is 11.2. The molecule has 3 nitrogen and oxygen atoms in total. The third-order valence-corrected chi connectivity index (χ3v) is 2.60. The summed E-state index contributed by atoms with van der Waals surface area (Å²) in [6.07, 6.45) is 4.93. The smallest absolute Gasteiger partial charge is 0.200 e. The molecule has 1 saturated carbocycles. The Morgan fingerprint density at radius 3 is 2.31 bits per heavy atom. The number of ketones is 2. The topological polar surface area (TPSA) is 54.4 Å². The fourth-order valence-electron chi connectivity index (χ4n) is 1.83. The zero-order valence-corrected chi connectivity index (χ0v) is 7.79. The Labute approximate surface area is 78.1 Å². The van der Waals surface area contributed by atoms with Crippen molar-refractivity contribution in [2.45, 2.75) is 38.5 Å². The molecule has 1 rings (SSSR count). The maximum Gasteiger partial charge on any atom is 0.200 e. The van der Waals surface area contributed by atoms with E-state index in [2.05, 4.69) is 0 Å². The van der Waals surface area contributed by atoms with Gasteiger partial charge in [-0.15, -0.1) is 0 Å². The van der Waals surface area contributed by atoms with Crippen LogP contribution in [0.1, 0.15) is 38.5 Å². The standard InChI is InChI=1S/C10H16O3/c11-6-5-9(12)10(13)7-8-3-1-2-4-8/h8,11H,1-7H2. The zero-order chi connectivity index (χ0) is 9.68. The van der Waals surface area contributed by atoms with Gasteiger partial charge in [-0.05, 0) is 5.92 Å². The van der Waals surface area contributed by atoms with E-state index in [0.717, 1.165) is 12.8 Å². The summed E-state index contributed by atoms with van der Waals surface area (Å²) in [5.74, 6) is -0.273. The Bertz CT molecular complexity index is 192. The Hall–Kier alpha value is -0.700. The summed E-state index contributed by atoms with van der Waals surface area (Å²) in [7, 11) is 0. The predicted octanol–water partition coefficient (Wildman–Crippen LogP) is 1.09. The molecule has 0 atom stereocenters. The number of aliphatic hydroxyl groups excluding tert-OH is 1. The lowest BCUT2D eigenvalue weighted by Crippen LogP contribution is -2.17. The van der Waals surface area contributed by atoms with Crippen LogP contribution in [-0.4, -0.2) is 23.3 Å². The van der Waals surface area contributed by atoms with Crippen molar-refractivity contribution in [3.8, 4) is 0 Å². The van der Waals surface area contributed by atoms with Crippen LogP contribution < -0.4 is 0 Å². The van der Waals surface area contributed by atoms with Gasteiger partial charge in [0.05, 0.1) is 6.61 Å². The minimum absolute atomic E-state index is 0.00838. The summed E-state index contributed by atoms with van der Waals surface area (Å²) in [4.78, 5) is 22.2. The molecule has 0 amide bonds. The van der Waals surface area contributed by atoms with Crippen LogP contribution in [0.4, 0.5) is 0 Å². The van der Waals surface area contributed by atoms with E-state index < -0.39 is 5.78 Å². The fraction of sp³-hybridized carbons (Fsp3) is 0.800. The van der Waals surface area contributed by atoms with Crippen molar-refractivity contribution in [3.63, 3.8) is 0 Å². The van der Waals surface area contributed by atoms with Gasteiger partial charge in [-0.3, -0.25) is 9.59 Å². The number of aliphatic hydroxyl groups is 1. The van der Waals surface area contributed by atoms with Gasteiger partial charge in [0.25, 0.3) is 0 Å². The minimum atomic E-state index is -0.408. The molecule has 0 radical (unpaired) electrons. The van der Waals surface area contributed by atoms with Gasteiger partial charge in [-0.2, -0.15) is 0 Å². The van der Waals surface area contributed by atoms with Gasteiger partial charge < -0.3 is 5.11 Å². The van der Waals surface area contributed by atoms with Crippen molar-refractivity contribution in [1.29, 1.82) is 0 Å². The van der Waals surface area contributed by atoms with Gasteiger partial charge in [-0.25, -0.2) is 0 Å².